The Bertz CT molecular complexity index is 888. The smallest absolute Gasteiger partial charge is 0.228 e. The number of carbonyl (C=O) groups is 1. The Hall–Kier alpha value is -2.66. The maximum Gasteiger partial charge on any atom is 0.228 e. The topological polar surface area (TPSA) is 57.9 Å². The summed E-state index contributed by atoms with van der Waals surface area (Å²) in [6.07, 6.45) is 0. The second-order valence-corrected chi connectivity index (χ2v) is 5.47. The van der Waals surface area contributed by atoms with Gasteiger partial charge in [-0.1, -0.05) is 11.6 Å². The van der Waals surface area contributed by atoms with Crippen molar-refractivity contribution in [1.82, 2.24) is 0 Å². The third-order valence-electron chi connectivity index (χ3n) is 3.63. The summed E-state index contributed by atoms with van der Waals surface area (Å²) in [7, 11) is 4.49. The summed E-state index contributed by atoms with van der Waals surface area (Å²) in [6.45, 7) is 0. The molecule has 1 heterocycles. The summed E-state index contributed by atoms with van der Waals surface area (Å²) >= 11 is 5.96. The van der Waals surface area contributed by atoms with Crippen molar-refractivity contribution in [2.24, 2.45) is 0 Å². The lowest BCUT2D eigenvalue weighted by Crippen LogP contribution is -2.03. The highest BCUT2D eigenvalue weighted by Crippen LogP contribution is 2.39. The minimum atomic E-state index is -0.290. The van der Waals surface area contributed by atoms with Gasteiger partial charge in [-0.25, -0.2) is 0 Å². The Morgan fingerprint density at radius 3 is 2.21 bits per heavy atom. The van der Waals surface area contributed by atoms with Crippen LogP contribution in [0.3, 0.4) is 0 Å². The maximum absolute atomic E-state index is 12.8. The van der Waals surface area contributed by atoms with Gasteiger partial charge in [0.15, 0.2) is 17.3 Å². The molecule has 0 fully saturated rings. The fourth-order valence-corrected chi connectivity index (χ4v) is 2.66. The number of methoxy groups -OCH3 is 3. The number of ether oxygens (including phenoxy) is 3. The van der Waals surface area contributed by atoms with Gasteiger partial charge in [-0.2, -0.15) is 0 Å². The third kappa shape index (κ3) is 2.78. The standard InChI is InChI=1S/C18H15ClO5/c1-21-15-8-11(9-16(22-2)18(15)23-3)17(20)14-7-10-6-12(19)4-5-13(10)24-14/h4-9H,1-3H3. The van der Waals surface area contributed by atoms with Gasteiger partial charge in [0, 0.05) is 16.0 Å². The van der Waals surface area contributed by atoms with E-state index in [-0.39, 0.29) is 11.5 Å². The predicted octanol–water partition coefficient (Wildman–Crippen LogP) is 4.34. The Morgan fingerprint density at radius 1 is 0.958 bits per heavy atom. The van der Waals surface area contributed by atoms with Gasteiger partial charge in [0.1, 0.15) is 5.58 Å². The van der Waals surface area contributed by atoms with E-state index in [1.54, 1.807) is 36.4 Å². The molecular formula is C18H15ClO5. The molecule has 2 aromatic carbocycles. The van der Waals surface area contributed by atoms with Crippen LogP contribution in [0.15, 0.2) is 40.8 Å². The summed E-state index contributed by atoms with van der Waals surface area (Å²) in [5, 5.41) is 1.34. The molecule has 5 nitrogen and oxygen atoms in total. The normalized spacial score (nSPS) is 10.7. The van der Waals surface area contributed by atoms with E-state index in [4.69, 9.17) is 30.2 Å². The second-order valence-electron chi connectivity index (χ2n) is 5.04. The molecule has 0 N–H and O–H groups in total. The number of hydrogen-bond acceptors (Lipinski definition) is 5. The van der Waals surface area contributed by atoms with Crippen molar-refractivity contribution in [2.45, 2.75) is 0 Å². The van der Waals surface area contributed by atoms with Gasteiger partial charge >= 0.3 is 0 Å². The lowest BCUT2D eigenvalue weighted by Gasteiger charge is -2.13. The largest absolute Gasteiger partial charge is 0.493 e. The molecule has 1 aromatic heterocycles. The number of halogens is 1. The molecule has 0 aliphatic rings. The molecule has 0 radical (unpaired) electrons. The first kappa shape index (κ1) is 16.2. The highest BCUT2D eigenvalue weighted by molar-refractivity contribution is 6.31. The van der Waals surface area contributed by atoms with Crippen LogP contribution >= 0.6 is 11.6 Å². The quantitative estimate of drug-likeness (QED) is 0.643. The minimum absolute atomic E-state index is 0.210. The number of hydrogen-bond donors (Lipinski definition) is 0. The average molecular weight is 347 g/mol. The fourth-order valence-electron chi connectivity index (χ4n) is 2.48. The van der Waals surface area contributed by atoms with Crippen LogP contribution in [0.2, 0.25) is 5.02 Å². The van der Waals surface area contributed by atoms with Gasteiger partial charge in [0.25, 0.3) is 0 Å². The molecule has 0 atom stereocenters. The number of rotatable bonds is 5. The molecule has 0 amide bonds. The molecule has 6 heteroatoms. The molecule has 3 aromatic rings. The molecule has 0 unspecified atom stereocenters. The summed E-state index contributed by atoms with van der Waals surface area (Å²) in [5.74, 6) is 1.15. The molecule has 0 aliphatic heterocycles. The molecule has 0 spiro atoms. The summed E-state index contributed by atoms with van der Waals surface area (Å²) in [4.78, 5) is 12.8. The van der Waals surface area contributed by atoms with Crippen molar-refractivity contribution >= 4 is 28.4 Å². The Labute approximate surface area is 143 Å². The third-order valence-corrected chi connectivity index (χ3v) is 3.86. The second kappa shape index (κ2) is 6.45. The molecule has 0 aliphatic carbocycles. The van der Waals surface area contributed by atoms with Crippen molar-refractivity contribution in [3.8, 4) is 17.2 Å². The zero-order chi connectivity index (χ0) is 17.3. The van der Waals surface area contributed by atoms with E-state index in [0.717, 1.165) is 5.39 Å². The zero-order valence-corrected chi connectivity index (χ0v) is 14.1. The van der Waals surface area contributed by atoms with Crippen LogP contribution in [0, 0.1) is 0 Å². The van der Waals surface area contributed by atoms with Gasteiger partial charge in [0.05, 0.1) is 21.3 Å². The first-order chi connectivity index (χ1) is 11.6. The summed E-state index contributed by atoms with van der Waals surface area (Å²) in [5.41, 5.74) is 0.963. The van der Waals surface area contributed by atoms with E-state index in [2.05, 4.69) is 0 Å². The Morgan fingerprint density at radius 2 is 1.62 bits per heavy atom. The van der Waals surface area contributed by atoms with Crippen LogP contribution in [0.5, 0.6) is 17.2 Å². The predicted molar refractivity (Wildman–Crippen MR) is 90.8 cm³/mol. The number of carbonyl (C=O) groups excluding carboxylic acids is 1. The van der Waals surface area contributed by atoms with E-state index in [9.17, 15) is 4.79 Å². The van der Waals surface area contributed by atoms with Crippen LogP contribution in [-0.4, -0.2) is 27.1 Å². The fraction of sp³-hybridized carbons (Fsp3) is 0.167. The van der Waals surface area contributed by atoms with Gasteiger partial charge in [-0.3, -0.25) is 4.79 Å². The molecule has 3 rings (SSSR count). The van der Waals surface area contributed by atoms with Crippen molar-refractivity contribution in [3.63, 3.8) is 0 Å². The lowest BCUT2D eigenvalue weighted by atomic mass is 10.1. The van der Waals surface area contributed by atoms with E-state index < -0.39 is 0 Å². The zero-order valence-electron chi connectivity index (χ0n) is 13.4. The monoisotopic (exact) mass is 346 g/mol. The minimum Gasteiger partial charge on any atom is -0.493 e. The van der Waals surface area contributed by atoms with Crippen LogP contribution < -0.4 is 14.2 Å². The first-order valence-corrected chi connectivity index (χ1v) is 7.49. The Kier molecular flexibility index (Phi) is 4.36. The SMILES string of the molecule is COc1cc(C(=O)c2cc3cc(Cl)ccc3o2)cc(OC)c1OC. The first-order valence-electron chi connectivity index (χ1n) is 7.11. The summed E-state index contributed by atoms with van der Waals surface area (Å²) < 4.78 is 21.4. The van der Waals surface area contributed by atoms with E-state index in [1.165, 1.54) is 21.3 Å². The van der Waals surface area contributed by atoms with Crippen molar-refractivity contribution in [2.75, 3.05) is 21.3 Å². The Balaban J connectivity index is 2.08. The van der Waals surface area contributed by atoms with Gasteiger partial charge in [-0.05, 0) is 36.4 Å². The molecule has 0 saturated carbocycles. The van der Waals surface area contributed by atoms with Gasteiger partial charge in [-0.15, -0.1) is 0 Å². The van der Waals surface area contributed by atoms with E-state index in [1.807, 2.05) is 0 Å². The highest BCUT2D eigenvalue weighted by atomic mass is 35.5. The molecule has 0 bridgehead atoms. The van der Waals surface area contributed by atoms with E-state index in [0.29, 0.717) is 33.4 Å². The van der Waals surface area contributed by atoms with Crippen LogP contribution in [0.1, 0.15) is 16.1 Å². The number of furan rings is 1. The maximum atomic E-state index is 12.8. The van der Waals surface area contributed by atoms with Gasteiger partial charge in [0.2, 0.25) is 11.5 Å². The van der Waals surface area contributed by atoms with Crippen LogP contribution in [0.25, 0.3) is 11.0 Å². The van der Waals surface area contributed by atoms with Crippen molar-refractivity contribution < 1.29 is 23.4 Å². The molecular weight excluding hydrogens is 332 g/mol. The number of fused-ring (bicyclic) bond motifs is 1. The molecule has 0 saturated heterocycles. The van der Waals surface area contributed by atoms with Gasteiger partial charge < -0.3 is 18.6 Å². The molecule has 24 heavy (non-hydrogen) atoms. The number of benzene rings is 2. The van der Waals surface area contributed by atoms with Crippen LogP contribution in [-0.2, 0) is 0 Å². The van der Waals surface area contributed by atoms with Crippen molar-refractivity contribution in [3.05, 3.63) is 52.7 Å². The molecule has 124 valence electrons. The number of ketones is 1. The van der Waals surface area contributed by atoms with Crippen molar-refractivity contribution in [1.29, 1.82) is 0 Å². The van der Waals surface area contributed by atoms with Crippen LogP contribution in [0.4, 0.5) is 0 Å². The average Bonchev–Trinajstić information content (AvgIpc) is 3.02. The van der Waals surface area contributed by atoms with E-state index >= 15 is 0 Å². The highest BCUT2D eigenvalue weighted by Gasteiger charge is 2.20. The lowest BCUT2D eigenvalue weighted by molar-refractivity contribution is 0.101. The summed E-state index contributed by atoms with van der Waals surface area (Å²) in [6, 6.07) is 10.0.